The number of nitrogens with one attached hydrogen (secondary N) is 1. The Labute approximate surface area is 113 Å². The summed E-state index contributed by atoms with van der Waals surface area (Å²) < 4.78 is 0. The lowest BCUT2D eigenvalue weighted by Gasteiger charge is -2.21. The summed E-state index contributed by atoms with van der Waals surface area (Å²) in [6.45, 7) is 1.99. The Kier molecular flexibility index (Phi) is 4.16. The molecule has 0 aromatic carbocycles. The van der Waals surface area contributed by atoms with E-state index in [2.05, 4.69) is 22.1 Å². The maximum Gasteiger partial charge on any atom is 0.138 e. The average Bonchev–Trinajstić information content (AvgIpc) is 2.46. The van der Waals surface area contributed by atoms with Gasteiger partial charge in [0.15, 0.2) is 0 Å². The molecule has 0 bridgehead atoms. The normalized spacial score (nSPS) is 20.7. The molecule has 0 saturated heterocycles. The van der Waals surface area contributed by atoms with Crippen LogP contribution in [0.2, 0.25) is 0 Å². The monoisotopic (exact) mass is 263 g/mol. The van der Waals surface area contributed by atoms with Crippen LogP contribution < -0.4 is 5.32 Å². The molecule has 0 amide bonds. The second-order valence-corrected chi connectivity index (χ2v) is 6.54. The summed E-state index contributed by atoms with van der Waals surface area (Å²) in [4.78, 5) is 9.23. The van der Waals surface area contributed by atoms with Crippen molar-refractivity contribution in [2.45, 2.75) is 56.1 Å². The van der Waals surface area contributed by atoms with Gasteiger partial charge >= 0.3 is 0 Å². The molecule has 18 heavy (non-hydrogen) atoms. The molecule has 2 aliphatic rings. The van der Waals surface area contributed by atoms with Crippen LogP contribution >= 0.6 is 11.8 Å². The molecule has 1 N–H and O–H groups in total. The van der Waals surface area contributed by atoms with E-state index >= 15 is 0 Å². The van der Waals surface area contributed by atoms with Gasteiger partial charge in [-0.05, 0) is 12.8 Å². The summed E-state index contributed by atoms with van der Waals surface area (Å²) in [7, 11) is 0. The molecule has 0 atom stereocenters. The first-order chi connectivity index (χ1) is 8.92. The van der Waals surface area contributed by atoms with E-state index in [4.69, 9.17) is 4.98 Å². The molecule has 3 nitrogen and oxygen atoms in total. The number of nitrogens with zero attached hydrogens (tertiary/aromatic N) is 2. The van der Waals surface area contributed by atoms with Crippen LogP contribution in [0.1, 0.15) is 49.2 Å². The van der Waals surface area contributed by atoms with Gasteiger partial charge < -0.3 is 5.32 Å². The molecule has 0 radical (unpaired) electrons. The van der Waals surface area contributed by atoms with Gasteiger partial charge in [0.25, 0.3) is 0 Å². The Morgan fingerprint density at radius 3 is 3.06 bits per heavy atom. The Morgan fingerprint density at radius 1 is 1.28 bits per heavy atom. The van der Waals surface area contributed by atoms with E-state index in [9.17, 15) is 0 Å². The largest absolute Gasteiger partial charge is 0.312 e. The Balaban J connectivity index is 1.58. The van der Waals surface area contributed by atoms with Gasteiger partial charge in [-0.25, -0.2) is 9.97 Å². The fourth-order valence-electron chi connectivity index (χ4n) is 2.77. The Bertz CT molecular complexity index is 402. The van der Waals surface area contributed by atoms with Crippen molar-refractivity contribution in [3.05, 3.63) is 23.3 Å². The SMILES string of the molecule is c1nc(CSC2CCCCC2)nc2c1CNCC2. The Morgan fingerprint density at radius 2 is 2.17 bits per heavy atom. The van der Waals surface area contributed by atoms with Gasteiger partial charge in [0.1, 0.15) is 5.82 Å². The van der Waals surface area contributed by atoms with E-state index in [0.717, 1.165) is 36.3 Å². The lowest BCUT2D eigenvalue weighted by atomic mass is 10.0. The van der Waals surface area contributed by atoms with Gasteiger partial charge in [0.2, 0.25) is 0 Å². The van der Waals surface area contributed by atoms with E-state index in [1.54, 1.807) is 0 Å². The second-order valence-electron chi connectivity index (χ2n) is 5.26. The van der Waals surface area contributed by atoms with Crippen LogP contribution in [0, 0.1) is 0 Å². The van der Waals surface area contributed by atoms with Gasteiger partial charge in [0.05, 0.1) is 5.75 Å². The molecular formula is C14H21N3S. The molecule has 98 valence electrons. The maximum absolute atomic E-state index is 4.73. The van der Waals surface area contributed by atoms with Crippen LogP contribution in [0.5, 0.6) is 0 Å². The zero-order valence-corrected chi connectivity index (χ0v) is 11.6. The van der Waals surface area contributed by atoms with Crippen molar-refractivity contribution in [3.8, 4) is 0 Å². The molecule has 2 heterocycles. The third kappa shape index (κ3) is 3.04. The number of hydrogen-bond donors (Lipinski definition) is 1. The minimum atomic E-state index is 0.847. The predicted molar refractivity (Wildman–Crippen MR) is 75.6 cm³/mol. The molecule has 0 unspecified atom stereocenters. The first-order valence-electron chi connectivity index (χ1n) is 7.08. The molecule has 1 aromatic heterocycles. The summed E-state index contributed by atoms with van der Waals surface area (Å²) in [6.07, 6.45) is 10.1. The number of hydrogen-bond acceptors (Lipinski definition) is 4. The molecule has 1 aliphatic carbocycles. The second kappa shape index (κ2) is 6.02. The highest BCUT2D eigenvalue weighted by Gasteiger charge is 2.15. The van der Waals surface area contributed by atoms with Crippen LogP contribution in [0.15, 0.2) is 6.20 Å². The fraction of sp³-hybridized carbons (Fsp3) is 0.714. The van der Waals surface area contributed by atoms with Crippen molar-refractivity contribution in [1.82, 2.24) is 15.3 Å². The minimum absolute atomic E-state index is 0.847. The molecule has 1 aromatic rings. The first-order valence-corrected chi connectivity index (χ1v) is 8.13. The van der Waals surface area contributed by atoms with Crippen molar-refractivity contribution in [1.29, 1.82) is 0 Å². The first kappa shape index (κ1) is 12.4. The van der Waals surface area contributed by atoms with Crippen molar-refractivity contribution in [3.63, 3.8) is 0 Å². The van der Waals surface area contributed by atoms with Gasteiger partial charge in [-0.2, -0.15) is 11.8 Å². The van der Waals surface area contributed by atoms with E-state index in [1.807, 2.05) is 6.20 Å². The summed E-state index contributed by atoms with van der Waals surface area (Å²) in [5.74, 6) is 2.02. The van der Waals surface area contributed by atoms with Gasteiger partial charge in [-0.3, -0.25) is 0 Å². The smallest absolute Gasteiger partial charge is 0.138 e. The molecular weight excluding hydrogens is 242 g/mol. The summed E-state index contributed by atoms with van der Waals surface area (Å²) in [6, 6.07) is 0. The van der Waals surface area contributed by atoms with E-state index in [0.29, 0.717) is 0 Å². The number of fused-ring (bicyclic) bond motifs is 1. The quantitative estimate of drug-likeness (QED) is 0.910. The van der Waals surface area contributed by atoms with Gasteiger partial charge in [0, 0.05) is 42.2 Å². The third-order valence-corrected chi connectivity index (χ3v) is 5.23. The van der Waals surface area contributed by atoms with E-state index < -0.39 is 0 Å². The lowest BCUT2D eigenvalue weighted by Crippen LogP contribution is -2.25. The zero-order chi connectivity index (χ0) is 12.2. The number of rotatable bonds is 3. The van der Waals surface area contributed by atoms with Crippen molar-refractivity contribution < 1.29 is 0 Å². The topological polar surface area (TPSA) is 37.8 Å². The summed E-state index contributed by atoms with van der Waals surface area (Å²) in [5, 5.41) is 4.21. The van der Waals surface area contributed by atoms with Crippen LogP contribution in [0.4, 0.5) is 0 Å². The molecule has 1 aliphatic heterocycles. The van der Waals surface area contributed by atoms with Crippen LogP contribution in [-0.2, 0) is 18.7 Å². The zero-order valence-electron chi connectivity index (χ0n) is 10.8. The van der Waals surface area contributed by atoms with Crippen LogP contribution in [0.25, 0.3) is 0 Å². The maximum atomic E-state index is 4.73. The standard InChI is InChI=1S/C14H21N3S/c1-2-4-12(5-3-1)18-10-14-16-9-11-8-15-7-6-13(11)17-14/h9,12,15H,1-8,10H2. The predicted octanol–water partition coefficient (Wildman–Crippen LogP) is 2.69. The minimum Gasteiger partial charge on any atom is -0.312 e. The van der Waals surface area contributed by atoms with Gasteiger partial charge in [-0.15, -0.1) is 0 Å². The average molecular weight is 263 g/mol. The molecule has 0 spiro atoms. The fourth-order valence-corrected chi connectivity index (χ4v) is 3.96. The summed E-state index contributed by atoms with van der Waals surface area (Å²) in [5.41, 5.74) is 2.55. The highest BCUT2D eigenvalue weighted by Crippen LogP contribution is 2.29. The molecule has 3 rings (SSSR count). The summed E-state index contributed by atoms with van der Waals surface area (Å²) >= 11 is 2.06. The lowest BCUT2D eigenvalue weighted by molar-refractivity contribution is 0.516. The van der Waals surface area contributed by atoms with Crippen molar-refractivity contribution in [2.75, 3.05) is 6.54 Å². The Hall–Kier alpha value is -0.610. The molecule has 1 saturated carbocycles. The van der Waals surface area contributed by atoms with Gasteiger partial charge in [-0.1, -0.05) is 19.3 Å². The third-order valence-electron chi connectivity index (χ3n) is 3.86. The van der Waals surface area contributed by atoms with Crippen molar-refractivity contribution in [2.24, 2.45) is 0 Å². The highest BCUT2D eigenvalue weighted by molar-refractivity contribution is 7.99. The van der Waals surface area contributed by atoms with Crippen molar-refractivity contribution >= 4 is 11.8 Å². The molecule has 4 heteroatoms. The molecule has 1 fully saturated rings. The van der Waals surface area contributed by atoms with E-state index in [-0.39, 0.29) is 0 Å². The number of thioether (sulfide) groups is 1. The highest BCUT2D eigenvalue weighted by atomic mass is 32.2. The number of aromatic nitrogens is 2. The van der Waals surface area contributed by atoms with Crippen LogP contribution in [-0.4, -0.2) is 21.8 Å². The van der Waals surface area contributed by atoms with E-state index in [1.165, 1.54) is 43.4 Å². The van der Waals surface area contributed by atoms with Crippen LogP contribution in [0.3, 0.4) is 0 Å².